The molecule has 0 radical (unpaired) electrons. The van der Waals surface area contributed by atoms with Crippen molar-refractivity contribution in [3.05, 3.63) is 70.3 Å². The fraction of sp³-hybridized carbons (Fsp3) is 0.740. The molecule has 0 aromatic heterocycles. The van der Waals surface area contributed by atoms with Crippen LogP contribution >= 0.6 is 0 Å². The minimum absolute atomic E-state index is 0.0159. The van der Waals surface area contributed by atoms with E-state index in [0.717, 1.165) is 78.0 Å². The highest BCUT2D eigenvalue weighted by molar-refractivity contribution is 5.89. The van der Waals surface area contributed by atoms with Crippen LogP contribution in [0.4, 0.5) is 13.2 Å². The van der Waals surface area contributed by atoms with Crippen LogP contribution in [0.2, 0.25) is 0 Å². The van der Waals surface area contributed by atoms with Crippen molar-refractivity contribution in [2.75, 3.05) is 59.7 Å². The third-order valence-electron chi connectivity index (χ3n) is 23.0. The number of rotatable bonds is 29. The first-order chi connectivity index (χ1) is 42.7. The molecule has 14 nitrogen and oxygen atoms in total. The lowest BCUT2D eigenvalue weighted by atomic mass is 9.44. The number of piperidine rings is 2. The summed E-state index contributed by atoms with van der Waals surface area (Å²) in [6.45, 7) is 18.4. The average molecular weight is 1260 g/mol. The number of hydrogen-bond donors (Lipinski definition) is 1. The molecule has 12 atom stereocenters. The first-order valence-corrected chi connectivity index (χ1v) is 34.5. The van der Waals surface area contributed by atoms with Gasteiger partial charge in [-0.3, -0.25) is 33.6 Å². The number of esters is 1. The van der Waals surface area contributed by atoms with Crippen molar-refractivity contribution in [2.24, 2.45) is 75.7 Å². The number of alkyl halides is 3. The highest BCUT2D eigenvalue weighted by atomic mass is 19.4. The highest BCUT2D eigenvalue weighted by Crippen LogP contribution is 2.68. The molecular weight excluding hydrogens is 1150 g/mol. The zero-order valence-electron chi connectivity index (χ0n) is 55.5. The van der Waals surface area contributed by atoms with E-state index in [1.165, 1.54) is 62.7 Å². The first kappa shape index (κ1) is 70.7. The van der Waals surface area contributed by atoms with Gasteiger partial charge in [-0.15, -0.1) is 0 Å². The molecular formula is C73H107F3N4O10. The van der Waals surface area contributed by atoms with Gasteiger partial charge in [0.1, 0.15) is 17.7 Å². The maximum Gasteiger partial charge on any atom is 0.416 e. The second-order valence-electron chi connectivity index (χ2n) is 29.4. The predicted molar refractivity (Wildman–Crippen MR) is 340 cm³/mol. The molecule has 2 saturated heterocycles. The van der Waals surface area contributed by atoms with Gasteiger partial charge in [-0.2, -0.15) is 13.2 Å². The number of hydrogen-bond acceptors (Lipinski definition) is 10. The van der Waals surface area contributed by atoms with Gasteiger partial charge < -0.3 is 34.6 Å². The monoisotopic (exact) mass is 1260 g/mol. The minimum Gasteiger partial charge on any atom is -0.462 e. The summed E-state index contributed by atoms with van der Waals surface area (Å²) >= 11 is 0. The lowest BCUT2D eigenvalue weighted by Gasteiger charge is -2.61. The number of nitrogens with two attached hydrogens (primary N) is 1. The van der Waals surface area contributed by atoms with Crippen molar-refractivity contribution in [3.63, 3.8) is 0 Å². The summed E-state index contributed by atoms with van der Waals surface area (Å²) in [5, 5.41) is 0. The molecule has 0 unspecified atom stereocenters. The number of halogens is 3. The zero-order chi connectivity index (χ0) is 65.1. The third-order valence-corrected chi connectivity index (χ3v) is 23.0. The molecule has 2 N–H and O–H groups in total. The van der Waals surface area contributed by atoms with E-state index in [4.69, 9.17) is 19.9 Å². The number of carbonyl (C=O) groups excluding carboxylic acids is 7. The summed E-state index contributed by atoms with van der Waals surface area (Å²) in [4.78, 5) is 98.0. The topological polar surface area (TPSA) is 183 Å². The maximum atomic E-state index is 14.1. The Bertz CT molecular complexity index is 2800. The van der Waals surface area contributed by atoms with Gasteiger partial charge in [0.25, 0.3) is 0 Å². The molecule has 8 rings (SSSR count). The number of carbonyl (C=O) groups is 7. The summed E-state index contributed by atoms with van der Waals surface area (Å²) in [6, 6.07) is 11.6. The molecule has 0 bridgehead atoms. The zero-order valence-corrected chi connectivity index (χ0v) is 55.5. The average Bonchev–Trinajstić information content (AvgIpc) is 1.39. The SMILES string of the molecule is Cc1cc(CN(C)C(=O)[C@H]2CCN(C(=O)C3CCN(C(=O)CCC(=O)CCCOCCOCCC(=O)C[C@@H](CC(=O)O[C@H]4CC[C@@]5(C)[C@@H](CC[C@@H]6[C@@H]5CC[C@]5(C)[C@@H]([C@H](C)CCCC(C)C)CC[C@@H]65)C4)C(N)=O)CC3)C[C@@H]2c2ccccc2C)cc(C(F)(F)F)c1. The molecule has 2 aromatic rings. The van der Waals surface area contributed by atoms with Gasteiger partial charge in [0.05, 0.1) is 37.7 Å². The van der Waals surface area contributed by atoms with Crippen LogP contribution in [0.5, 0.6) is 0 Å². The Labute approximate surface area is 534 Å². The summed E-state index contributed by atoms with van der Waals surface area (Å²) in [7, 11) is 1.61. The summed E-state index contributed by atoms with van der Waals surface area (Å²) in [5.74, 6) is 1.45. The smallest absolute Gasteiger partial charge is 0.416 e. The van der Waals surface area contributed by atoms with Crippen LogP contribution in [0.1, 0.15) is 210 Å². The van der Waals surface area contributed by atoms with Gasteiger partial charge in [0, 0.05) is 96.2 Å². The lowest BCUT2D eigenvalue weighted by molar-refractivity contribution is -0.164. The fourth-order valence-corrected chi connectivity index (χ4v) is 18.0. The lowest BCUT2D eigenvalue weighted by Crippen LogP contribution is -2.54. The van der Waals surface area contributed by atoms with Crippen LogP contribution < -0.4 is 5.73 Å². The summed E-state index contributed by atoms with van der Waals surface area (Å²) in [6.07, 6.45) is 11.9. The van der Waals surface area contributed by atoms with E-state index < -0.39 is 35.5 Å². The number of amides is 4. The largest absolute Gasteiger partial charge is 0.462 e. The first-order valence-electron chi connectivity index (χ1n) is 34.5. The van der Waals surface area contributed by atoms with Gasteiger partial charge in [-0.05, 0) is 178 Å². The van der Waals surface area contributed by atoms with Crippen molar-refractivity contribution < 1.29 is 60.9 Å². The van der Waals surface area contributed by atoms with Crippen LogP contribution in [0.25, 0.3) is 0 Å². The van der Waals surface area contributed by atoms with Crippen molar-refractivity contribution in [2.45, 2.75) is 214 Å². The Kier molecular flexibility index (Phi) is 24.9. The van der Waals surface area contributed by atoms with E-state index in [9.17, 15) is 46.7 Å². The number of likely N-dealkylation sites (tertiary alicyclic amines) is 2. The summed E-state index contributed by atoms with van der Waals surface area (Å²) < 4.78 is 58.2. The maximum absolute atomic E-state index is 14.1. The Morgan fingerprint density at radius 3 is 2.13 bits per heavy atom. The number of ketones is 2. The van der Waals surface area contributed by atoms with Gasteiger partial charge >= 0.3 is 12.1 Å². The number of primary amides is 1. The molecule has 6 aliphatic rings. The Hall–Kier alpha value is -5.16. The molecule has 6 fully saturated rings. The Morgan fingerprint density at radius 2 is 1.42 bits per heavy atom. The van der Waals surface area contributed by atoms with Crippen LogP contribution in [0.3, 0.4) is 0 Å². The fourth-order valence-electron chi connectivity index (χ4n) is 18.0. The van der Waals surface area contributed by atoms with Crippen LogP contribution in [-0.2, 0) is 60.5 Å². The second kappa shape index (κ2) is 31.6. The van der Waals surface area contributed by atoms with E-state index in [0.29, 0.717) is 80.9 Å². The molecule has 500 valence electrons. The highest BCUT2D eigenvalue weighted by Gasteiger charge is 2.61. The number of ether oxygens (including phenoxy) is 3. The van der Waals surface area contributed by atoms with Crippen LogP contribution in [-0.4, -0.2) is 122 Å². The molecule has 4 saturated carbocycles. The van der Waals surface area contributed by atoms with Crippen molar-refractivity contribution >= 4 is 41.2 Å². The number of aryl methyl sites for hydroxylation is 2. The minimum atomic E-state index is -4.51. The van der Waals surface area contributed by atoms with E-state index >= 15 is 0 Å². The summed E-state index contributed by atoms with van der Waals surface area (Å²) in [5.41, 5.74) is 8.47. The Morgan fingerprint density at radius 1 is 0.722 bits per heavy atom. The van der Waals surface area contributed by atoms with Crippen LogP contribution in [0.15, 0.2) is 42.5 Å². The predicted octanol–water partition coefficient (Wildman–Crippen LogP) is 13.2. The van der Waals surface area contributed by atoms with Gasteiger partial charge in [-0.25, -0.2) is 0 Å². The quantitative estimate of drug-likeness (QED) is 0.0607. The van der Waals surface area contributed by atoms with Gasteiger partial charge in [-0.1, -0.05) is 89.8 Å². The molecule has 2 heterocycles. The molecule has 2 aromatic carbocycles. The molecule has 2 aliphatic heterocycles. The number of nitrogens with zero attached hydrogens (tertiary/aromatic N) is 3. The molecule has 4 amide bonds. The van der Waals surface area contributed by atoms with Crippen molar-refractivity contribution in [1.82, 2.24) is 14.7 Å². The number of benzene rings is 2. The Balaban J connectivity index is 0.661. The van der Waals surface area contributed by atoms with Gasteiger partial charge in [0.15, 0.2) is 0 Å². The van der Waals surface area contributed by atoms with E-state index in [1.807, 2.05) is 36.1 Å². The third kappa shape index (κ3) is 17.9. The molecule has 0 spiro atoms. The molecule has 90 heavy (non-hydrogen) atoms. The normalized spacial score (nSPS) is 27.7. The second-order valence-corrected chi connectivity index (χ2v) is 29.4. The van der Waals surface area contributed by atoms with Crippen LogP contribution in [0, 0.1) is 83.9 Å². The molecule has 17 heteroatoms. The van der Waals surface area contributed by atoms with E-state index in [2.05, 4.69) is 34.6 Å². The van der Waals surface area contributed by atoms with E-state index in [-0.39, 0.29) is 118 Å². The molecule has 4 aliphatic carbocycles. The standard InChI is InChI=1S/C73H107F3N4O10/c1-47(2)13-11-15-50(5)63-21-22-64-61-20-18-54-44-58(24-30-71(54,6)65(61)25-31-72(63,64)7)90-67(84)43-53(68(77)85)42-57(82)29-36-89-38-37-88-35-12-16-56(81)19-23-66(83)79-32-26-52(27-33-79)69(86)80-34-28-60(62(46-80)59-17-10-9-14-49(59)4)70(87)78(8)45-51-39-48(3)40-55(41-51)73(74,75)76/h9-10,14,17,39-41,47,50,52-54,58,60-65H,11-13,15-16,18-38,42-46H2,1-8H3,(H2,77,85)/t50-,53+,54+,58+,60+,61+,62-,63-,64+,65+,71+,72-/m1/s1. The van der Waals surface area contributed by atoms with Crippen molar-refractivity contribution in [1.29, 1.82) is 0 Å². The van der Waals surface area contributed by atoms with Crippen molar-refractivity contribution in [3.8, 4) is 0 Å². The van der Waals surface area contributed by atoms with Gasteiger partial charge in [0.2, 0.25) is 23.6 Å². The number of fused-ring (bicyclic) bond motifs is 5. The number of Topliss-reactive ketones (excluding diaryl/α,β-unsaturated/α-hetero) is 2. The van der Waals surface area contributed by atoms with E-state index in [1.54, 1.807) is 24.9 Å².